The summed E-state index contributed by atoms with van der Waals surface area (Å²) in [5.41, 5.74) is 1.29. The van der Waals surface area contributed by atoms with Crippen molar-refractivity contribution in [2.24, 2.45) is 17.3 Å². The van der Waals surface area contributed by atoms with Gasteiger partial charge in [-0.15, -0.1) is 0 Å². The number of rotatable bonds is 7. The maximum absolute atomic E-state index is 12.4. The number of benzene rings is 1. The van der Waals surface area contributed by atoms with Crippen molar-refractivity contribution < 1.29 is 14.3 Å². The highest BCUT2D eigenvalue weighted by Gasteiger charge is 2.51. The fraction of sp³-hybridized carbons (Fsp3) is 0.650. The minimum atomic E-state index is 0.000104. The fourth-order valence-corrected chi connectivity index (χ4v) is 4.26. The molecule has 136 valence electrons. The molecule has 0 bridgehead atoms. The zero-order valence-corrected chi connectivity index (χ0v) is 15.0. The number of carbonyl (C=O) groups is 1. The quantitative estimate of drug-likeness (QED) is 0.823. The van der Waals surface area contributed by atoms with Crippen LogP contribution in [0.25, 0.3) is 0 Å². The van der Waals surface area contributed by atoms with Gasteiger partial charge in [-0.1, -0.05) is 12.1 Å². The maximum Gasteiger partial charge on any atom is 0.220 e. The molecular formula is C20H28N2O3. The molecule has 5 heteroatoms. The minimum absolute atomic E-state index is 0.000104. The molecule has 1 saturated carbocycles. The number of fused-ring (bicyclic) bond motifs is 1. The summed E-state index contributed by atoms with van der Waals surface area (Å²) in [6.45, 7) is 5.24. The van der Waals surface area contributed by atoms with E-state index in [4.69, 9.17) is 9.47 Å². The summed E-state index contributed by atoms with van der Waals surface area (Å²) in [4.78, 5) is 14.9. The van der Waals surface area contributed by atoms with E-state index in [0.717, 1.165) is 44.5 Å². The van der Waals surface area contributed by atoms with Crippen molar-refractivity contribution in [3.8, 4) is 5.75 Å². The summed E-state index contributed by atoms with van der Waals surface area (Å²) in [6.07, 6.45) is 3.14. The SMILES string of the molecule is COc1ccc(CN2C[C@H]3COC[C@@]3(CC(=O)NCC3CC3)C2)cc1. The van der Waals surface area contributed by atoms with Gasteiger partial charge >= 0.3 is 0 Å². The van der Waals surface area contributed by atoms with E-state index in [2.05, 4.69) is 22.3 Å². The number of carbonyl (C=O) groups excluding carboxylic acids is 1. The highest BCUT2D eigenvalue weighted by Crippen LogP contribution is 2.44. The van der Waals surface area contributed by atoms with Gasteiger partial charge in [0.15, 0.2) is 0 Å². The van der Waals surface area contributed by atoms with Crippen molar-refractivity contribution in [2.45, 2.75) is 25.8 Å². The molecule has 4 rings (SSSR count). The summed E-state index contributed by atoms with van der Waals surface area (Å²) in [6, 6.07) is 8.27. The van der Waals surface area contributed by atoms with Gasteiger partial charge in [0.2, 0.25) is 5.91 Å². The van der Waals surface area contributed by atoms with E-state index in [1.54, 1.807) is 7.11 Å². The zero-order chi connectivity index (χ0) is 17.3. The Hall–Kier alpha value is -1.59. The van der Waals surface area contributed by atoms with Crippen LogP contribution in [0.1, 0.15) is 24.8 Å². The lowest BCUT2D eigenvalue weighted by atomic mass is 9.78. The van der Waals surface area contributed by atoms with Crippen molar-refractivity contribution in [1.82, 2.24) is 10.2 Å². The van der Waals surface area contributed by atoms with Gasteiger partial charge in [0.05, 0.1) is 20.3 Å². The summed E-state index contributed by atoms with van der Waals surface area (Å²) >= 11 is 0. The summed E-state index contributed by atoms with van der Waals surface area (Å²) in [7, 11) is 1.69. The van der Waals surface area contributed by atoms with E-state index < -0.39 is 0 Å². The number of nitrogens with one attached hydrogen (secondary N) is 1. The first-order chi connectivity index (χ1) is 12.2. The molecule has 1 aliphatic carbocycles. The molecule has 1 N–H and O–H groups in total. The number of ether oxygens (including phenoxy) is 2. The molecule has 0 unspecified atom stereocenters. The third-order valence-corrected chi connectivity index (χ3v) is 5.95. The molecule has 25 heavy (non-hydrogen) atoms. The van der Waals surface area contributed by atoms with E-state index in [1.165, 1.54) is 18.4 Å². The monoisotopic (exact) mass is 344 g/mol. The highest BCUT2D eigenvalue weighted by atomic mass is 16.5. The van der Waals surface area contributed by atoms with Crippen LogP contribution in [0.5, 0.6) is 5.75 Å². The molecule has 2 saturated heterocycles. The van der Waals surface area contributed by atoms with Crippen LogP contribution in [-0.4, -0.2) is 50.8 Å². The number of methoxy groups -OCH3 is 1. The smallest absolute Gasteiger partial charge is 0.220 e. The van der Waals surface area contributed by atoms with Crippen molar-refractivity contribution in [1.29, 1.82) is 0 Å². The lowest BCUT2D eigenvalue weighted by Gasteiger charge is -2.26. The van der Waals surface area contributed by atoms with E-state index in [1.807, 2.05) is 12.1 Å². The van der Waals surface area contributed by atoms with Crippen molar-refractivity contribution in [3.05, 3.63) is 29.8 Å². The Kier molecular flexibility index (Phi) is 4.69. The molecule has 3 fully saturated rings. The Morgan fingerprint density at radius 3 is 2.88 bits per heavy atom. The first kappa shape index (κ1) is 16.9. The third-order valence-electron chi connectivity index (χ3n) is 5.95. The van der Waals surface area contributed by atoms with Gasteiger partial charge in [-0.25, -0.2) is 0 Å². The highest BCUT2D eigenvalue weighted by molar-refractivity contribution is 5.77. The van der Waals surface area contributed by atoms with Crippen LogP contribution in [0.4, 0.5) is 0 Å². The predicted molar refractivity (Wildman–Crippen MR) is 95.4 cm³/mol. The number of amides is 1. The normalized spacial score (nSPS) is 28.8. The van der Waals surface area contributed by atoms with Crippen LogP contribution in [0.3, 0.4) is 0 Å². The van der Waals surface area contributed by atoms with Gasteiger partial charge in [0, 0.05) is 43.9 Å². The van der Waals surface area contributed by atoms with Gasteiger partial charge in [-0.3, -0.25) is 9.69 Å². The van der Waals surface area contributed by atoms with Gasteiger partial charge in [0.25, 0.3) is 0 Å². The molecule has 0 aromatic heterocycles. The maximum atomic E-state index is 12.4. The molecule has 1 aromatic rings. The molecule has 0 spiro atoms. The number of hydrogen-bond acceptors (Lipinski definition) is 4. The first-order valence-electron chi connectivity index (χ1n) is 9.37. The number of likely N-dealkylation sites (tertiary alicyclic amines) is 1. The van der Waals surface area contributed by atoms with Gasteiger partial charge in [-0.05, 0) is 36.5 Å². The van der Waals surface area contributed by atoms with E-state index in [0.29, 0.717) is 18.9 Å². The van der Waals surface area contributed by atoms with Crippen LogP contribution in [0.15, 0.2) is 24.3 Å². The molecule has 2 heterocycles. The number of hydrogen-bond donors (Lipinski definition) is 1. The molecule has 1 aromatic carbocycles. The van der Waals surface area contributed by atoms with Crippen molar-refractivity contribution in [2.75, 3.05) is 40.0 Å². The molecular weight excluding hydrogens is 316 g/mol. The Morgan fingerprint density at radius 2 is 2.16 bits per heavy atom. The Balaban J connectivity index is 1.35. The van der Waals surface area contributed by atoms with Crippen molar-refractivity contribution >= 4 is 5.91 Å². The van der Waals surface area contributed by atoms with Crippen LogP contribution in [0, 0.1) is 17.3 Å². The third kappa shape index (κ3) is 3.82. The van der Waals surface area contributed by atoms with Gasteiger partial charge in [0.1, 0.15) is 5.75 Å². The lowest BCUT2D eigenvalue weighted by Crippen LogP contribution is -2.38. The number of nitrogens with zero attached hydrogens (tertiary/aromatic N) is 1. The molecule has 0 radical (unpaired) electrons. The topological polar surface area (TPSA) is 50.8 Å². The Morgan fingerprint density at radius 1 is 1.36 bits per heavy atom. The molecule has 1 amide bonds. The molecule has 3 aliphatic rings. The average molecular weight is 344 g/mol. The Bertz CT molecular complexity index is 614. The summed E-state index contributed by atoms with van der Waals surface area (Å²) in [5, 5.41) is 3.13. The molecule has 2 atom stereocenters. The van der Waals surface area contributed by atoms with Crippen LogP contribution < -0.4 is 10.1 Å². The second-order valence-electron chi connectivity index (χ2n) is 8.02. The average Bonchev–Trinajstić information content (AvgIpc) is 3.28. The van der Waals surface area contributed by atoms with Gasteiger partial charge < -0.3 is 14.8 Å². The zero-order valence-electron chi connectivity index (χ0n) is 15.0. The molecule has 5 nitrogen and oxygen atoms in total. The lowest BCUT2D eigenvalue weighted by molar-refractivity contribution is -0.123. The fourth-order valence-electron chi connectivity index (χ4n) is 4.26. The minimum Gasteiger partial charge on any atom is -0.497 e. The predicted octanol–water partition coefficient (Wildman–Crippen LogP) is 2.06. The summed E-state index contributed by atoms with van der Waals surface area (Å²) < 4.78 is 11.0. The van der Waals surface area contributed by atoms with E-state index >= 15 is 0 Å². The van der Waals surface area contributed by atoms with Gasteiger partial charge in [-0.2, -0.15) is 0 Å². The summed E-state index contributed by atoms with van der Waals surface area (Å²) in [5.74, 6) is 2.29. The van der Waals surface area contributed by atoms with E-state index in [9.17, 15) is 4.79 Å². The molecule has 2 aliphatic heterocycles. The second kappa shape index (κ2) is 6.96. The van der Waals surface area contributed by atoms with Crippen molar-refractivity contribution in [3.63, 3.8) is 0 Å². The van der Waals surface area contributed by atoms with E-state index in [-0.39, 0.29) is 11.3 Å². The van der Waals surface area contributed by atoms with Crippen LogP contribution in [-0.2, 0) is 16.1 Å². The first-order valence-corrected chi connectivity index (χ1v) is 9.37. The Labute approximate surface area is 149 Å². The second-order valence-corrected chi connectivity index (χ2v) is 8.02. The largest absolute Gasteiger partial charge is 0.497 e. The van der Waals surface area contributed by atoms with Crippen LogP contribution >= 0.6 is 0 Å². The standard InChI is InChI=1S/C20H28N2O3/c1-24-18-6-4-16(5-7-18)10-22-11-17-12-25-14-20(17,13-22)8-19(23)21-9-15-2-3-15/h4-7,15,17H,2-3,8-14H2,1H3,(H,21,23)/t17-,20+/m0/s1. The van der Waals surface area contributed by atoms with Crippen LogP contribution in [0.2, 0.25) is 0 Å².